The fourth-order valence-corrected chi connectivity index (χ4v) is 3.45. The number of alkyl halides is 3. The van der Waals surface area contributed by atoms with Crippen LogP contribution in [0, 0.1) is 0 Å². The summed E-state index contributed by atoms with van der Waals surface area (Å²) in [5.74, 6) is 0. The third kappa shape index (κ3) is 5.31. The van der Waals surface area contributed by atoms with Crippen molar-refractivity contribution in [1.82, 2.24) is 3.71 Å². The Balaban J connectivity index is 2.76. The molecule has 17 heavy (non-hydrogen) atoms. The molecule has 0 aliphatic heterocycles. The lowest BCUT2D eigenvalue weighted by Crippen LogP contribution is -2.29. The number of anilines is 1. The zero-order valence-corrected chi connectivity index (χ0v) is 11.7. The Labute approximate surface area is 113 Å². The van der Waals surface area contributed by atoms with Crippen molar-refractivity contribution in [2.45, 2.75) is 3.92 Å². The molecule has 9 heteroatoms. The molecule has 0 saturated heterocycles. The van der Waals surface area contributed by atoms with Gasteiger partial charge in [0.05, 0.1) is 0 Å². The van der Waals surface area contributed by atoms with Crippen molar-refractivity contribution in [3.05, 3.63) is 30.3 Å². The third-order valence-electron chi connectivity index (χ3n) is 1.59. The third-order valence-corrected chi connectivity index (χ3v) is 4.45. The van der Waals surface area contributed by atoms with Crippen LogP contribution >= 0.6 is 35.1 Å². The molecule has 0 bridgehead atoms. The van der Waals surface area contributed by atoms with Gasteiger partial charge in [-0.3, -0.25) is 4.72 Å². The zero-order chi connectivity index (χ0) is 13.1. The maximum atomic E-state index is 12.9. The van der Waals surface area contributed by atoms with Crippen molar-refractivity contribution >= 4 is 51.0 Å². The summed E-state index contributed by atoms with van der Waals surface area (Å²) in [4.78, 5) is 0. The monoisotopic (exact) mass is 318 g/mol. The van der Waals surface area contributed by atoms with E-state index in [0.717, 1.165) is 7.05 Å². The van der Waals surface area contributed by atoms with Crippen LogP contribution < -0.4 is 4.72 Å². The summed E-state index contributed by atoms with van der Waals surface area (Å²) in [6.45, 7) is 0. The highest BCUT2D eigenvalue weighted by atomic mass is 35.5. The summed E-state index contributed by atoms with van der Waals surface area (Å²) < 4.78 is 36.4. The van der Waals surface area contributed by atoms with Gasteiger partial charge >= 0.3 is 14.1 Å². The number of rotatable bonds is 5. The van der Waals surface area contributed by atoms with Crippen LogP contribution in [0.3, 0.4) is 0 Å². The first kappa shape index (κ1) is 14.8. The molecule has 4 nitrogen and oxygen atoms in total. The van der Waals surface area contributed by atoms with Crippen LogP contribution in [0.2, 0.25) is 0 Å². The van der Waals surface area contributed by atoms with Gasteiger partial charge < -0.3 is 0 Å². The molecule has 0 spiro atoms. The van der Waals surface area contributed by atoms with E-state index in [1.165, 1.54) is 0 Å². The number of nitrogens with zero attached hydrogens (tertiary/aromatic N) is 1. The number of benzene rings is 1. The van der Waals surface area contributed by atoms with E-state index in [1.54, 1.807) is 30.3 Å². The van der Waals surface area contributed by atoms with Gasteiger partial charge in [-0.05, 0) is 12.1 Å². The predicted molar refractivity (Wildman–Crippen MR) is 69.9 cm³/mol. The lowest BCUT2D eigenvalue weighted by Gasteiger charge is -2.19. The van der Waals surface area contributed by atoms with Crippen LogP contribution in [-0.2, 0) is 10.2 Å². The molecule has 96 valence electrons. The number of hydrogen-bond acceptors (Lipinski definition) is 3. The summed E-state index contributed by atoms with van der Waals surface area (Å²) in [6.07, 6.45) is 0. The molecule has 0 atom stereocenters. The standard InChI is InChI=1S/C8H9Cl2FN2O2S2/c1-13(16-8(9,10)11)17(14,15)12-7-5-3-2-4-6-7/h2-6,12H,1H3. The number of hydrogen-bond donors (Lipinski definition) is 1. The molecule has 1 aromatic carbocycles. The van der Waals surface area contributed by atoms with Crippen LogP contribution in [0.25, 0.3) is 0 Å². The number of nitrogens with one attached hydrogen (secondary N) is 1. The van der Waals surface area contributed by atoms with Crippen molar-refractivity contribution < 1.29 is 12.8 Å². The summed E-state index contributed by atoms with van der Waals surface area (Å²) >= 11 is 10.3. The molecule has 0 unspecified atom stereocenters. The SMILES string of the molecule is CN(SC(F)(Cl)Cl)S(=O)(=O)Nc1ccccc1. The molecular weight excluding hydrogens is 310 g/mol. The molecule has 0 aromatic heterocycles. The van der Waals surface area contributed by atoms with Gasteiger partial charge in [-0.1, -0.05) is 41.4 Å². The second-order valence-electron chi connectivity index (χ2n) is 2.92. The highest BCUT2D eigenvalue weighted by molar-refractivity contribution is 8.11. The second kappa shape index (κ2) is 5.62. The van der Waals surface area contributed by atoms with Gasteiger partial charge in [0.2, 0.25) is 0 Å². The summed E-state index contributed by atoms with van der Waals surface area (Å²) in [5, 5.41) is 0. The number of halogens is 3. The average molecular weight is 319 g/mol. The molecule has 0 heterocycles. The Morgan fingerprint density at radius 2 is 1.88 bits per heavy atom. The first-order valence-corrected chi connectivity index (χ1v) is 7.25. The summed E-state index contributed by atoms with van der Waals surface area (Å²) in [6, 6.07) is 8.17. The molecule has 0 amide bonds. The molecule has 0 fully saturated rings. The first-order chi connectivity index (χ1) is 7.71. The Bertz CT molecular complexity index is 464. The van der Waals surface area contributed by atoms with Gasteiger partial charge in [0, 0.05) is 24.7 Å². The van der Waals surface area contributed by atoms with E-state index < -0.39 is 14.1 Å². The van der Waals surface area contributed by atoms with E-state index >= 15 is 0 Å². The molecule has 0 saturated carbocycles. The largest absolute Gasteiger partial charge is 0.319 e. The van der Waals surface area contributed by atoms with Crippen LogP contribution in [0.5, 0.6) is 0 Å². The van der Waals surface area contributed by atoms with E-state index in [0.29, 0.717) is 9.40 Å². The van der Waals surface area contributed by atoms with Gasteiger partial charge in [-0.2, -0.15) is 12.8 Å². The van der Waals surface area contributed by atoms with E-state index in [1.807, 2.05) is 0 Å². The van der Waals surface area contributed by atoms with Gasteiger partial charge in [-0.15, -0.1) is 3.71 Å². The second-order valence-corrected chi connectivity index (χ2v) is 7.83. The van der Waals surface area contributed by atoms with Crippen molar-refractivity contribution in [3.8, 4) is 0 Å². The molecule has 0 aliphatic rings. The van der Waals surface area contributed by atoms with Gasteiger partial charge in [0.1, 0.15) is 0 Å². The Morgan fingerprint density at radius 1 is 1.35 bits per heavy atom. The minimum absolute atomic E-state index is 0.130. The van der Waals surface area contributed by atoms with Crippen LogP contribution in [0.1, 0.15) is 0 Å². The van der Waals surface area contributed by atoms with Crippen molar-refractivity contribution in [2.24, 2.45) is 0 Å². The van der Waals surface area contributed by atoms with Crippen LogP contribution in [0.4, 0.5) is 10.1 Å². The van der Waals surface area contributed by atoms with Crippen LogP contribution in [-0.4, -0.2) is 23.1 Å². The molecule has 1 aromatic rings. The topological polar surface area (TPSA) is 49.4 Å². The van der Waals surface area contributed by atoms with Crippen LogP contribution in [0.15, 0.2) is 30.3 Å². The van der Waals surface area contributed by atoms with E-state index in [2.05, 4.69) is 4.72 Å². The van der Waals surface area contributed by atoms with Crippen molar-refractivity contribution in [2.75, 3.05) is 11.8 Å². The maximum absolute atomic E-state index is 12.9. The van der Waals surface area contributed by atoms with E-state index in [9.17, 15) is 12.8 Å². The Kier molecular flexibility index (Phi) is 4.91. The van der Waals surface area contributed by atoms with Gasteiger partial charge in [-0.25, -0.2) is 0 Å². The fraction of sp³-hybridized carbons (Fsp3) is 0.250. The lowest BCUT2D eigenvalue weighted by atomic mass is 10.3. The van der Waals surface area contributed by atoms with Crippen molar-refractivity contribution in [1.29, 1.82) is 0 Å². The minimum Gasteiger partial charge on any atom is -0.270 e. The van der Waals surface area contributed by atoms with E-state index in [-0.39, 0.29) is 11.9 Å². The molecule has 0 radical (unpaired) electrons. The fourth-order valence-electron chi connectivity index (χ4n) is 0.914. The quantitative estimate of drug-likeness (QED) is 0.670. The number of para-hydroxylation sites is 1. The first-order valence-electron chi connectivity index (χ1n) is 4.28. The maximum Gasteiger partial charge on any atom is 0.319 e. The highest BCUT2D eigenvalue weighted by Gasteiger charge is 2.31. The van der Waals surface area contributed by atoms with Crippen molar-refractivity contribution in [3.63, 3.8) is 0 Å². The predicted octanol–water partition coefficient (Wildman–Crippen LogP) is 2.98. The molecular formula is C8H9Cl2FN2O2S2. The van der Waals surface area contributed by atoms with Gasteiger partial charge in [0.25, 0.3) is 0 Å². The highest BCUT2D eigenvalue weighted by Crippen LogP contribution is 2.38. The zero-order valence-electron chi connectivity index (χ0n) is 8.60. The Hall–Kier alpha value is -0.210. The Morgan fingerprint density at radius 3 is 2.35 bits per heavy atom. The van der Waals surface area contributed by atoms with E-state index in [4.69, 9.17) is 23.2 Å². The smallest absolute Gasteiger partial charge is 0.270 e. The molecule has 0 aliphatic carbocycles. The average Bonchev–Trinajstić information content (AvgIpc) is 2.15. The molecule has 1 rings (SSSR count). The summed E-state index contributed by atoms with van der Waals surface area (Å²) in [5.41, 5.74) is 0.355. The van der Waals surface area contributed by atoms with Gasteiger partial charge in [0.15, 0.2) is 0 Å². The lowest BCUT2D eigenvalue weighted by molar-refractivity contribution is 0.505. The molecule has 1 N–H and O–H groups in total. The summed E-state index contributed by atoms with van der Waals surface area (Å²) in [7, 11) is -2.78. The minimum atomic E-state index is -3.91. The normalized spacial score (nSPS) is 12.8.